The summed E-state index contributed by atoms with van der Waals surface area (Å²) < 4.78 is 0. The van der Waals surface area contributed by atoms with Gasteiger partial charge in [0, 0.05) is 19.9 Å². The second-order valence-corrected chi connectivity index (χ2v) is 4.37. The number of nitrogens with one attached hydrogen (secondary N) is 1. The van der Waals surface area contributed by atoms with Crippen molar-refractivity contribution in [2.75, 3.05) is 20.1 Å². The van der Waals surface area contributed by atoms with Crippen LogP contribution in [0, 0.1) is 5.92 Å². The molecular weight excluding hydrogens is 176 g/mol. The van der Waals surface area contributed by atoms with Crippen molar-refractivity contribution in [1.29, 1.82) is 0 Å². The Hall–Kier alpha value is -0.570. The molecule has 1 N–H and O–H groups in total. The highest BCUT2D eigenvalue weighted by Gasteiger charge is 2.06. The van der Waals surface area contributed by atoms with E-state index in [9.17, 15) is 4.79 Å². The first kappa shape index (κ1) is 13.4. The van der Waals surface area contributed by atoms with Crippen molar-refractivity contribution in [1.82, 2.24) is 10.2 Å². The van der Waals surface area contributed by atoms with E-state index in [1.807, 2.05) is 13.8 Å². The van der Waals surface area contributed by atoms with Crippen molar-refractivity contribution in [2.24, 2.45) is 5.92 Å². The Bertz CT molecular complexity index is 172. The minimum Gasteiger partial charge on any atom is -0.356 e. The van der Waals surface area contributed by atoms with Gasteiger partial charge >= 0.3 is 0 Å². The molecule has 0 aliphatic heterocycles. The molecule has 0 aromatic heterocycles. The first-order chi connectivity index (χ1) is 6.45. The molecule has 0 unspecified atom stereocenters. The van der Waals surface area contributed by atoms with E-state index in [0.717, 1.165) is 19.5 Å². The molecule has 0 aliphatic carbocycles. The third-order valence-electron chi connectivity index (χ3n) is 2.39. The second kappa shape index (κ2) is 6.82. The van der Waals surface area contributed by atoms with E-state index < -0.39 is 0 Å². The summed E-state index contributed by atoms with van der Waals surface area (Å²) in [7, 11) is 2.11. The fourth-order valence-corrected chi connectivity index (χ4v) is 1.00. The maximum atomic E-state index is 11.2. The molecule has 0 bridgehead atoms. The number of nitrogens with zero attached hydrogens (tertiary/aromatic N) is 1. The maximum absolute atomic E-state index is 11.2. The van der Waals surface area contributed by atoms with E-state index in [1.54, 1.807) is 0 Å². The van der Waals surface area contributed by atoms with Gasteiger partial charge in [-0.3, -0.25) is 4.79 Å². The van der Waals surface area contributed by atoms with Crippen molar-refractivity contribution in [2.45, 2.75) is 40.2 Å². The van der Waals surface area contributed by atoms with Gasteiger partial charge in [0.1, 0.15) is 0 Å². The zero-order valence-electron chi connectivity index (χ0n) is 10.1. The number of amides is 1. The minimum absolute atomic E-state index is 0. The van der Waals surface area contributed by atoms with E-state index in [0.29, 0.717) is 6.04 Å². The van der Waals surface area contributed by atoms with Crippen LogP contribution in [0.15, 0.2) is 0 Å². The minimum atomic E-state index is 0. The molecule has 86 valence electrons. The largest absolute Gasteiger partial charge is 0.356 e. The summed E-state index contributed by atoms with van der Waals surface area (Å²) in [5.41, 5.74) is 0. The lowest BCUT2D eigenvalue weighted by atomic mass is 10.2. The third kappa shape index (κ3) is 5.97. The zero-order chi connectivity index (χ0) is 11.1. The Morgan fingerprint density at radius 3 is 2.36 bits per heavy atom. The van der Waals surface area contributed by atoms with Gasteiger partial charge < -0.3 is 10.2 Å². The van der Waals surface area contributed by atoms with Crippen LogP contribution in [0.2, 0.25) is 0 Å². The highest BCUT2D eigenvalue weighted by Crippen LogP contribution is 1.95. The van der Waals surface area contributed by atoms with E-state index in [2.05, 4.69) is 31.1 Å². The van der Waals surface area contributed by atoms with Crippen molar-refractivity contribution < 1.29 is 6.22 Å². The van der Waals surface area contributed by atoms with Gasteiger partial charge in [-0.1, -0.05) is 13.8 Å². The van der Waals surface area contributed by atoms with Crippen LogP contribution in [0.1, 0.15) is 35.5 Å². The zero-order valence-corrected chi connectivity index (χ0v) is 10.1. The van der Waals surface area contributed by atoms with Gasteiger partial charge in [-0.15, -0.1) is 0 Å². The van der Waals surface area contributed by atoms with Gasteiger partial charge in [0.2, 0.25) is 5.91 Å². The molecule has 0 saturated heterocycles. The predicted molar refractivity (Wildman–Crippen MR) is 62.3 cm³/mol. The molecule has 0 saturated carbocycles. The summed E-state index contributed by atoms with van der Waals surface area (Å²) in [5, 5.41) is 2.91. The summed E-state index contributed by atoms with van der Waals surface area (Å²) in [6.45, 7) is 9.99. The maximum Gasteiger partial charge on any atom is 0.222 e. The average molecular weight is 202 g/mol. The second-order valence-electron chi connectivity index (χ2n) is 4.37. The van der Waals surface area contributed by atoms with Crippen LogP contribution in [0.25, 0.3) is 0 Å². The number of rotatable bonds is 6. The van der Waals surface area contributed by atoms with E-state index in [1.165, 1.54) is 0 Å². The monoisotopic (exact) mass is 202 g/mol. The van der Waals surface area contributed by atoms with Crippen LogP contribution in [-0.4, -0.2) is 37.0 Å². The molecule has 0 rings (SSSR count). The van der Waals surface area contributed by atoms with Crippen molar-refractivity contribution in [3.8, 4) is 0 Å². The molecular formula is C11H26N2O. The number of carbonyl (C=O) groups excluding carboxylic acids is 1. The lowest BCUT2D eigenvalue weighted by Crippen LogP contribution is -2.32. The third-order valence-corrected chi connectivity index (χ3v) is 2.39. The van der Waals surface area contributed by atoms with Gasteiger partial charge in [0.15, 0.2) is 0 Å². The predicted octanol–water partition coefficient (Wildman–Crippen LogP) is 1.73. The topological polar surface area (TPSA) is 32.3 Å². The standard InChI is InChI=1S/C11H24N2O.H2/c1-9(2)11(14)12-7-6-8-13(5)10(3)4;/h9-10H,6-8H2,1-5H3,(H,12,14);1H. The van der Waals surface area contributed by atoms with Crippen molar-refractivity contribution in [3.05, 3.63) is 0 Å². The highest BCUT2D eigenvalue weighted by molar-refractivity contribution is 5.77. The van der Waals surface area contributed by atoms with Gasteiger partial charge in [-0.2, -0.15) is 0 Å². The lowest BCUT2D eigenvalue weighted by Gasteiger charge is -2.20. The van der Waals surface area contributed by atoms with Gasteiger partial charge in [-0.25, -0.2) is 0 Å². The van der Waals surface area contributed by atoms with Gasteiger partial charge in [-0.05, 0) is 33.9 Å². The SMILES string of the molecule is CC(C)C(=O)NCCCN(C)C(C)C.[HH]. The van der Waals surface area contributed by atoms with E-state index in [-0.39, 0.29) is 13.3 Å². The van der Waals surface area contributed by atoms with Crippen molar-refractivity contribution >= 4 is 5.91 Å². The Morgan fingerprint density at radius 2 is 1.93 bits per heavy atom. The van der Waals surface area contributed by atoms with E-state index >= 15 is 0 Å². The molecule has 1 amide bonds. The van der Waals surface area contributed by atoms with Crippen molar-refractivity contribution in [3.63, 3.8) is 0 Å². The highest BCUT2D eigenvalue weighted by atomic mass is 16.1. The molecule has 0 aromatic carbocycles. The summed E-state index contributed by atoms with van der Waals surface area (Å²) in [6.07, 6.45) is 1.02. The molecule has 0 aromatic rings. The van der Waals surface area contributed by atoms with Crippen LogP contribution in [0.4, 0.5) is 0 Å². The fraction of sp³-hybridized carbons (Fsp3) is 0.909. The Morgan fingerprint density at radius 1 is 1.36 bits per heavy atom. The van der Waals surface area contributed by atoms with Gasteiger partial charge in [0.05, 0.1) is 0 Å². The quantitative estimate of drug-likeness (QED) is 0.665. The Labute approximate surface area is 89.3 Å². The molecule has 0 fully saturated rings. The molecule has 3 nitrogen and oxygen atoms in total. The molecule has 14 heavy (non-hydrogen) atoms. The molecule has 0 atom stereocenters. The molecule has 0 radical (unpaired) electrons. The summed E-state index contributed by atoms with van der Waals surface area (Å²) in [6, 6.07) is 0.579. The van der Waals surface area contributed by atoms with E-state index in [4.69, 9.17) is 0 Å². The first-order valence-corrected chi connectivity index (χ1v) is 5.43. The van der Waals surface area contributed by atoms with Crippen LogP contribution in [0.3, 0.4) is 0 Å². The van der Waals surface area contributed by atoms with Crippen LogP contribution >= 0.6 is 0 Å². The number of hydrogen-bond acceptors (Lipinski definition) is 2. The number of carbonyl (C=O) groups is 1. The molecule has 0 aliphatic rings. The summed E-state index contributed by atoms with van der Waals surface area (Å²) in [4.78, 5) is 13.5. The molecule has 0 spiro atoms. The summed E-state index contributed by atoms with van der Waals surface area (Å²) in [5.74, 6) is 0.245. The lowest BCUT2D eigenvalue weighted by molar-refractivity contribution is -0.123. The fourth-order valence-electron chi connectivity index (χ4n) is 1.00. The first-order valence-electron chi connectivity index (χ1n) is 5.43. The average Bonchev–Trinajstić information content (AvgIpc) is 2.11. The van der Waals surface area contributed by atoms with Crippen LogP contribution in [-0.2, 0) is 4.79 Å². The van der Waals surface area contributed by atoms with Crippen LogP contribution in [0.5, 0.6) is 0 Å². The Balaban J connectivity index is 0. The normalized spacial score (nSPS) is 11.4. The molecule has 3 heteroatoms. The summed E-state index contributed by atoms with van der Waals surface area (Å²) >= 11 is 0. The van der Waals surface area contributed by atoms with Crippen LogP contribution < -0.4 is 5.32 Å². The molecule has 0 heterocycles. The Kier molecular flexibility index (Phi) is 6.54. The number of hydrogen-bond donors (Lipinski definition) is 1. The smallest absolute Gasteiger partial charge is 0.222 e. The van der Waals surface area contributed by atoms with Gasteiger partial charge in [0.25, 0.3) is 0 Å².